The number of hydrogen-bond donors (Lipinski definition) is 1. The number of aliphatic hydroxyl groups excluding tert-OH is 1. The van der Waals surface area contributed by atoms with Crippen molar-refractivity contribution in [2.24, 2.45) is 10.2 Å². The van der Waals surface area contributed by atoms with Gasteiger partial charge < -0.3 is 5.11 Å². The number of aliphatic hydroxyl groups is 1. The van der Waals surface area contributed by atoms with Gasteiger partial charge in [0.1, 0.15) is 6.67 Å². The van der Waals surface area contributed by atoms with E-state index >= 15 is 0 Å². The van der Waals surface area contributed by atoms with Gasteiger partial charge in [-0.3, -0.25) is 0 Å². The monoisotopic (exact) mass is 342 g/mol. The second-order valence-electron chi connectivity index (χ2n) is 5.07. The first kappa shape index (κ1) is 17.7. The largest absolute Gasteiger partial charge is 0.390 e. The van der Waals surface area contributed by atoms with Crippen molar-refractivity contribution >= 4 is 24.8 Å². The molecule has 124 valence electrons. The smallest absolute Gasteiger partial charge is 0.133 e. The number of hydrogen-bond acceptors (Lipinski definition) is 5. The molecule has 1 aliphatic rings. The Balaban J connectivity index is 0.00000208. The van der Waals surface area contributed by atoms with Gasteiger partial charge in [0.25, 0.3) is 0 Å². The highest BCUT2D eigenvalue weighted by atomic mass is 35.5. The Labute approximate surface area is 147 Å². The summed E-state index contributed by atoms with van der Waals surface area (Å²) in [6.45, 7) is 0.395. The van der Waals surface area contributed by atoms with E-state index in [1.54, 1.807) is 28.6 Å². The molecule has 2 aromatic carbocycles. The maximum Gasteiger partial charge on any atom is 0.133 e. The highest BCUT2D eigenvalue weighted by Crippen LogP contribution is 2.16. The fourth-order valence-corrected chi connectivity index (χ4v) is 2.17. The molecule has 24 heavy (non-hydrogen) atoms. The van der Waals surface area contributed by atoms with Crippen molar-refractivity contribution in [3.05, 3.63) is 83.7 Å². The minimum atomic E-state index is -0.0799. The van der Waals surface area contributed by atoms with E-state index < -0.39 is 0 Å². The summed E-state index contributed by atoms with van der Waals surface area (Å²) in [5, 5.41) is 21.8. The van der Waals surface area contributed by atoms with Crippen LogP contribution in [-0.4, -0.2) is 40.8 Å². The van der Waals surface area contributed by atoms with Crippen LogP contribution < -0.4 is 0 Å². The first-order chi connectivity index (χ1) is 11.3. The lowest BCUT2D eigenvalue weighted by Crippen LogP contribution is -2.21. The van der Waals surface area contributed by atoms with Crippen LogP contribution in [0.25, 0.3) is 0 Å². The third kappa shape index (κ3) is 4.68. The van der Waals surface area contributed by atoms with Crippen LogP contribution in [0.1, 0.15) is 11.1 Å². The molecule has 1 heterocycles. The molecule has 0 fully saturated rings. The molecule has 0 bridgehead atoms. The molecule has 3 rings (SSSR count). The summed E-state index contributed by atoms with van der Waals surface area (Å²) in [5.74, 6) is 0. The second kappa shape index (κ2) is 8.86. The van der Waals surface area contributed by atoms with E-state index in [1.807, 2.05) is 60.7 Å². The molecule has 0 unspecified atom stereocenters. The van der Waals surface area contributed by atoms with Gasteiger partial charge >= 0.3 is 0 Å². The van der Waals surface area contributed by atoms with Crippen LogP contribution in [0, 0.1) is 0 Å². The van der Waals surface area contributed by atoms with E-state index in [9.17, 15) is 5.11 Å². The molecule has 0 atom stereocenters. The summed E-state index contributed by atoms with van der Waals surface area (Å²) in [6, 6.07) is 19.7. The zero-order chi connectivity index (χ0) is 15.9. The molecule has 0 saturated carbocycles. The SMILES string of the molecule is Cl.OCC1=CN(N=Cc2ccccc2)CN1N=Cc1ccccc1. The molecule has 0 saturated heterocycles. The number of halogens is 1. The van der Waals surface area contributed by atoms with Gasteiger partial charge in [0.2, 0.25) is 0 Å². The Morgan fingerprint density at radius 1 is 0.875 bits per heavy atom. The van der Waals surface area contributed by atoms with Crippen molar-refractivity contribution < 1.29 is 5.11 Å². The van der Waals surface area contributed by atoms with Crippen molar-refractivity contribution in [2.75, 3.05) is 13.3 Å². The van der Waals surface area contributed by atoms with E-state index in [1.165, 1.54) is 0 Å². The Hall–Kier alpha value is -2.63. The standard InChI is InChI=1S/C18H18N4O.ClH/c23-14-18-13-21(19-11-16-7-3-1-4-8-16)15-22(18)20-12-17-9-5-2-6-10-17;/h1-13,23H,14-15H2;1H. The molecule has 1 aliphatic heterocycles. The van der Waals surface area contributed by atoms with E-state index in [2.05, 4.69) is 10.2 Å². The quantitative estimate of drug-likeness (QED) is 0.850. The third-order valence-electron chi connectivity index (χ3n) is 3.37. The van der Waals surface area contributed by atoms with Gasteiger partial charge in [0.05, 0.1) is 24.7 Å². The van der Waals surface area contributed by atoms with Gasteiger partial charge in [-0.15, -0.1) is 12.4 Å². The lowest BCUT2D eigenvalue weighted by molar-refractivity contribution is 0.235. The van der Waals surface area contributed by atoms with Crippen LogP contribution in [0.3, 0.4) is 0 Å². The lowest BCUT2D eigenvalue weighted by Gasteiger charge is -2.15. The van der Waals surface area contributed by atoms with Crippen molar-refractivity contribution in [2.45, 2.75) is 0 Å². The van der Waals surface area contributed by atoms with E-state index in [0.717, 1.165) is 11.1 Å². The predicted octanol–water partition coefficient (Wildman–Crippen LogP) is 2.89. The molecule has 0 aromatic heterocycles. The van der Waals surface area contributed by atoms with Gasteiger partial charge in [-0.25, -0.2) is 10.0 Å². The minimum Gasteiger partial charge on any atom is -0.390 e. The van der Waals surface area contributed by atoms with Crippen LogP contribution in [0.4, 0.5) is 0 Å². The Morgan fingerprint density at radius 3 is 1.96 bits per heavy atom. The summed E-state index contributed by atoms with van der Waals surface area (Å²) in [7, 11) is 0. The Bertz CT molecular complexity index is 716. The first-order valence-electron chi connectivity index (χ1n) is 7.39. The van der Waals surface area contributed by atoms with Gasteiger partial charge in [0, 0.05) is 6.20 Å². The van der Waals surface area contributed by atoms with Crippen LogP contribution >= 0.6 is 12.4 Å². The molecule has 0 spiro atoms. The maximum atomic E-state index is 9.47. The van der Waals surface area contributed by atoms with Crippen LogP contribution in [-0.2, 0) is 0 Å². The summed E-state index contributed by atoms with van der Waals surface area (Å²) in [4.78, 5) is 0. The fraction of sp³-hybridized carbons (Fsp3) is 0.111. The fourth-order valence-electron chi connectivity index (χ4n) is 2.17. The molecule has 0 aliphatic carbocycles. The van der Waals surface area contributed by atoms with Crippen molar-refractivity contribution in [3.8, 4) is 0 Å². The van der Waals surface area contributed by atoms with Crippen LogP contribution in [0.2, 0.25) is 0 Å². The summed E-state index contributed by atoms with van der Waals surface area (Å²) in [5.41, 5.74) is 2.75. The van der Waals surface area contributed by atoms with Gasteiger partial charge in [-0.05, 0) is 11.1 Å². The number of benzene rings is 2. The van der Waals surface area contributed by atoms with E-state index in [-0.39, 0.29) is 19.0 Å². The average Bonchev–Trinajstić information content (AvgIpc) is 3.02. The molecule has 0 radical (unpaired) electrons. The predicted molar refractivity (Wildman–Crippen MR) is 99.0 cm³/mol. The summed E-state index contributed by atoms with van der Waals surface area (Å²) in [6.07, 6.45) is 5.35. The van der Waals surface area contributed by atoms with Crippen LogP contribution in [0.5, 0.6) is 0 Å². The normalized spacial score (nSPS) is 14.3. The highest BCUT2D eigenvalue weighted by Gasteiger charge is 2.18. The number of nitrogens with zero attached hydrogens (tertiary/aromatic N) is 4. The highest BCUT2D eigenvalue weighted by molar-refractivity contribution is 5.85. The minimum absolute atomic E-state index is 0. The molecule has 5 nitrogen and oxygen atoms in total. The zero-order valence-electron chi connectivity index (χ0n) is 13.1. The van der Waals surface area contributed by atoms with E-state index in [4.69, 9.17) is 0 Å². The topological polar surface area (TPSA) is 51.4 Å². The summed E-state index contributed by atoms with van der Waals surface area (Å²) < 4.78 is 0. The van der Waals surface area contributed by atoms with E-state index in [0.29, 0.717) is 12.4 Å². The lowest BCUT2D eigenvalue weighted by atomic mass is 10.2. The average molecular weight is 343 g/mol. The molecule has 1 N–H and O–H groups in total. The number of rotatable bonds is 5. The van der Waals surface area contributed by atoms with Crippen molar-refractivity contribution in [1.82, 2.24) is 10.0 Å². The van der Waals surface area contributed by atoms with Crippen molar-refractivity contribution in [1.29, 1.82) is 0 Å². The maximum absolute atomic E-state index is 9.47. The molecular weight excluding hydrogens is 324 g/mol. The van der Waals surface area contributed by atoms with Crippen molar-refractivity contribution in [3.63, 3.8) is 0 Å². The molecular formula is C18H19ClN4O. The molecule has 6 heteroatoms. The third-order valence-corrected chi connectivity index (χ3v) is 3.37. The van der Waals surface area contributed by atoms with Gasteiger partial charge in [0.15, 0.2) is 0 Å². The molecule has 2 aromatic rings. The van der Waals surface area contributed by atoms with Crippen LogP contribution in [0.15, 0.2) is 82.8 Å². The zero-order valence-corrected chi connectivity index (χ0v) is 13.9. The van der Waals surface area contributed by atoms with Gasteiger partial charge in [-0.1, -0.05) is 60.7 Å². The molecule has 0 amide bonds. The Morgan fingerprint density at radius 2 is 1.42 bits per heavy atom. The first-order valence-corrected chi connectivity index (χ1v) is 7.39. The second-order valence-corrected chi connectivity index (χ2v) is 5.07. The number of hydrazone groups is 2. The summed E-state index contributed by atoms with van der Waals surface area (Å²) >= 11 is 0. The Kier molecular flexibility index (Phi) is 6.54. The van der Waals surface area contributed by atoms with Gasteiger partial charge in [-0.2, -0.15) is 10.2 Å².